The molecule has 0 saturated carbocycles. The van der Waals surface area contributed by atoms with Gasteiger partial charge in [0.2, 0.25) is 0 Å². The predicted octanol–water partition coefficient (Wildman–Crippen LogP) is 1.67. The Morgan fingerprint density at radius 1 is 1.27 bits per heavy atom. The molecule has 0 aliphatic carbocycles. The van der Waals surface area contributed by atoms with Crippen LogP contribution in [0.2, 0.25) is 0 Å². The number of aromatic nitrogens is 4. The second-order valence-electron chi connectivity index (χ2n) is 6.41. The fourth-order valence-corrected chi connectivity index (χ4v) is 3.57. The van der Waals surface area contributed by atoms with E-state index in [1.54, 1.807) is 17.7 Å². The summed E-state index contributed by atoms with van der Waals surface area (Å²) in [4.78, 5) is 26.5. The van der Waals surface area contributed by atoms with Gasteiger partial charge in [0.25, 0.3) is 5.91 Å². The van der Waals surface area contributed by atoms with Gasteiger partial charge < -0.3 is 19.1 Å². The summed E-state index contributed by atoms with van der Waals surface area (Å²) < 4.78 is 3.76. The summed E-state index contributed by atoms with van der Waals surface area (Å²) >= 11 is 0. The summed E-state index contributed by atoms with van der Waals surface area (Å²) in [5.74, 6) is -0.0717. The van der Waals surface area contributed by atoms with Crippen LogP contribution >= 0.6 is 0 Å². The summed E-state index contributed by atoms with van der Waals surface area (Å²) in [6.45, 7) is 4.79. The largest absolute Gasteiger partial charge is 0.480 e. The second kappa shape index (κ2) is 5.98. The van der Waals surface area contributed by atoms with Gasteiger partial charge in [-0.15, -0.1) is 10.2 Å². The molecule has 1 aliphatic rings. The molecule has 26 heavy (non-hydrogen) atoms. The van der Waals surface area contributed by atoms with Gasteiger partial charge in [-0.2, -0.15) is 0 Å². The van der Waals surface area contributed by atoms with Crippen LogP contribution in [-0.4, -0.2) is 47.3 Å². The van der Waals surface area contributed by atoms with Crippen molar-refractivity contribution in [1.82, 2.24) is 24.2 Å². The maximum atomic E-state index is 13.3. The number of carboxylic acid groups (broad SMARTS) is 1. The van der Waals surface area contributed by atoms with E-state index in [1.165, 1.54) is 4.90 Å². The number of carbonyl (C=O) groups excluding carboxylic acids is 1. The smallest absolute Gasteiger partial charge is 0.328 e. The Balaban J connectivity index is 1.79. The van der Waals surface area contributed by atoms with Crippen LogP contribution in [0.4, 0.5) is 0 Å². The molecule has 0 saturated heterocycles. The van der Waals surface area contributed by atoms with Crippen LogP contribution in [0.5, 0.6) is 0 Å². The van der Waals surface area contributed by atoms with Crippen molar-refractivity contribution < 1.29 is 14.7 Å². The van der Waals surface area contributed by atoms with Gasteiger partial charge in [-0.25, -0.2) is 4.79 Å². The van der Waals surface area contributed by atoms with Crippen molar-refractivity contribution in [3.8, 4) is 0 Å². The van der Waals surface area contributed by atoms with E-state index in [-0.39, 0.29) is 19.0 Å². The number of hydrogen-bond acceptors (Lipinski definition) is 4. The van der Waals surface area contributed by atoms with Crippen LogP contribution < -0.4 is 0 Å². The van der Waals surface area contributed by atoms with Gasteiger partial charge in [0, 0.05) is 23.6 Å². The molecule has 4 rings (SSSR count). The van der Waals surface area contributed by atoms with E-state index in [4.69, 9.17) is 0 Å². The van der Waals surface area contributed by atoms with E-state index < -0.39 is 12.0 Å². The Morgan fingerprint density at radius 2 is 2.04 bits per heavy atom. The molecule has 3 aromatic rings. The highest BCUT2D eigenvalue weighted by molar-refractivity contribution is 6.08. The highest BCUT2D eigenvalue weighted by Gasteiger charge is 2.37. The zero-order valence-electron chi connectivity index (χ0n) is 14.6. The Bertz CT molecular complexity index is 1020. The maximum Gasteiger partial charge on any atom is 0.328 e. The Morgan fingerprint density at radius 3 is 2.77 bits per heavy atom. The maximum absolute atomic E-state index is 13.3. The van der Waals surface area contributed by atoms with Gasteiger partial charge in [-0.3, -0.25) is 4.79 Å². The summed E-state index contributed by atoms with van der Waals surface area (Å²) in [5.41, 5.74) is 1.47. The lowest BCUT2D eigenvalue weighted by molar-refractivity contribution is -0.143. The van der Waals surface area contributed by atoms with Gasteiger partial charge in [-0.1, -0.05) is 18.2 Å². The van der Waals surface area contributed by atoms with Gasteiger partial charge in [0.05, 0.1) is 18.7 Å². The molecule has 8 heteroatoms. The van der Waals surface area contributed by atoms with Crippen LogP contribution in [0.25, 0.3) is 10.9 Å². The first kappa shape index (κ1) is 16.3. The monoisotopic (exact) mass is 353 g/mol. The van der Waals surface area contributed by atoms with Crippen molar-refractivity contribution in [1.29, 1.82) is 0 Å². The van der Waals surface area contributed by atoms with E-state index in [1.807, 2.05) is 35.8 Å². The number of carbonyl (C=O) groups is 2. The normalized spacial score (nSPS) is 16.7. The molecule has 1 atom stereocenters. The van der Waals surface area contributed by atoms with Gasteiger partial charge >= 0.3 is 5.97 Å². The number of amides is 1. The highest BCUT2D eigenvalue weighted by Crippen LogP contribution is 2.26. The average Bonchev–Trinajstić information content (AvgIpc) is 3.20. The molecule has 1 amide bonds. The van der Waals surface area contributed by atoms with E-state index >= 15 is 0 Å². The zero-order valence-corrected chi connectivity index (χ0v) is 14.6. The Hall–Kier alpha value is -3.16. The minimum absolute atomic E-state index is 0.127. The standard InChI is InChI=1S/C18H19N5O3/c1-3-21-8-13(12-6-4-5-7-14(12)21)17(24)23-10-16-20-19-11(2)22(16)9-15(23)18(25)26/h4-8,15H,3,9-10H2,1-2H3,(H,25,26). The number of nitrogens with zero attached hydrogens (tertiary/aromatic N) is 5. The molecular formula is C18H19N5O3. The SMILES string of the molecule is CCn1cc(C(=O)N2Cc3nnc(C)n3CC2C(=O)O)c2ccccc21. The minimum atomic E-state index is -1.03. The van der Waals surface area contributed by atoms with Gasteiger partial charge in [0.15, 0.2) is 5.82 Å². The lowest BCUT2D eigenvalue weighted by Crippen LogP contribution is -2.50. The quantitative estimate of drug-likeness (QED) is 0.773. The molecule has 1 unspecified atom stereocenters. The third-order valence-electron chi connectivity index (χ3n) is 4.96. The molecule has 0 spiro atoms. The number of hydrogen-bond donors (Lipinski definition) is 1. The molecule has 0 bridgehead atoms. The predicted molar refractivity (Wildman–Crippen MR) is 93.7 cm³/mol. The van der Waals surface area contributed by atoms with Crippen molar-refractivity contribution in [3.05, 3.63) is 47.7 Å². The zero-order chi connectivity index (χ0) is 18.4. The Labute approximate surface area is 149 Å². The average molecular weight is 353 g/mol. The molecule has 0 radical (unpaired) electrons. The van der Waals surface area contributed by atoms with Crippen molar-refractivity contribution in [3.63, 3.8) is 0 Å². The van der Waals surface area contributed by atoms with Crippen LogP contribution in [0, 0.1) is 6.92 Å². The van der Waals surface area contributed by atoms with Crippen molar-refractivity contribution >= 4 is 22.8 Å². The van der Waals surface area contributed by atoms with Crippen LogP contribution in [-0.2, 0) is 24.4 Å². The van der Waals surface area contributed by atoms with E-state index in [9.17, 15) is 14.7 Å². The summed E-state index contributed by atoms with van der Waals surface area (Å²) in [5, 5.41) is 18.6. The fraction of sp³-hybridized carbons (Fsp3) is 0.333. The van der Waals surface area contributed by atoms with Gasteiger partial charge in [0.1, 0.15) is 11.9 Å². The van der Waals surface area contributed by atoms with Crippen molar-refractivity contribution in [2.45, 2.75) is 39.5 Å². The summed E-state index contributed by atoms with van der Waals surface area (Å²) in [6.07, 6.45) is 1.80. The van der Waals surface area contributed by atoms with Gasteiger partial charge in [-0.05, 0) is 19.9 Å². The van der Waals surface area contributed by atoms with E-state index in [0.717, 1.165) is 17.4 Å². The summed E-state index contributed by atoms with van der Waals surface area (Å²) in [7, 11) is 0. The third kappa shape index (κ3) is 2.37. The molecule has 1 aromatic carbocycles. The molecule has 0 fully saturated rings. The van der Waals surface area contributed by atoms with Crippen LogP contribution in [0.1, 0.15) is 28.9 Å². The van der Waals surface area contributed by atoms with Crippen LogP contribution in [0.15, 0.2) is 30.5 Å². The van der Waals surface area contributed by atoms with E-state index in [2.05, 4.69) is 10.2 Å². The number of para-hydroxylation sites is 1. The Kier molecular flexibility index (Phi) is 3.75. The lowest BCUT2D eigenvalue weighted by atomic mass is 10.1. The summed E-state index contributed by atoms with van der Waals surface area (Å²) in [6, 6.07) is 6.70. The molecule has 134 valence electrons. The first-order chi connectivity index (χ1) is 12.5. The first-order valence-corrected chi connectivity index (χ1v) is 8.51. The number of carboxylic acids is 1. The number of rotatable bonds is 3. The fourth-order valence-electron chi connectivity index (χ4n) is 3.57. The third-order valence-corrected chi connectivity index (χ3v) is 4.96. The lowest BCUT2D eigenvalue weighted by Gasteiger charge is -2.33. The molecule has 8 nitrogen and oxygen atoms in total. The van der Waals surface area contributed by atoms with E-state index in [0.29, 0.717) is 17.2 Å². The molecule has 1 aliphatic heterocycles. The van der Waals surface area contributed by atoms with Crippen LogP contribution in [0.3, 0.4) is 0 Å². The molecule has 3 heterocycles. The highest BCUT2D eigenvalue weighted by atomic mass is 16.4. The number of fused-ring (bicyclic) bond motifs is 2. The molecular weight excluding hydrogens is 334 g/mol. The second-order valence-corrected chi connectivity index (χ2v) is 6.41. The van der Waals surface area contributed by atoms with Crippen molar-refractivity contribution in [2.75, 3.05) is 0 Å². The molecule has 2 aromatic heterocycles. The topological polar surface area (TPSA) is 93.3 Å². The molecule has 1 N–H and O–H groups in total. The minimum Gasteiger partial charge on any atom is -0.480 e. The number of aliphatic carboxylic acids is 1. The van der Waals surface area contributed by atoms with Crippen molar-refractivity contribution in [2.24, 2.45) is 0 Å². The number of aryl methyl sites for hydroxylation is 2. The number of benzene rings is 1. The first-order valence-electron chi connectivity index (χ1n) is 8.51.